The number of hydrogen-bond acceptors (Lipinski definition) is 3. The smallest absolute Gasteiger partial charge is 0.237 e. The summed E-state index contributed by atoms with van der Waals surface area (Å²) in [6.07, 6.45) is 0.689. The molecule has 0 aliphatic carbocycles. The third-order valence-electron chi connectivity index (χ3n) is 2.63. The molecule has 106 valence electrons. The maximum atomic E-state index is 11.3. The van der Waals surface area contributed by atoms with Crippen LogP contribution in [0.15, 0.2) is 18.2 Å². The number of halogens is 1. The molecule has 0 spiro atoms. The van der Waals surface area contributed by atoms with Crippen LogP contribution in [0, 0.1) is 0 Å². The van der Waals surface area contributed by atoms with Crippen molar-refractivity contribution in [3.63, 3.8) is 0 Å². The summed E-state index contributed by atoms with van der Waals surface area (Å²) in [4.78, 5) is 11.3. The number of carbonyl (C=O) groups excluding carboxylic acids is 1. The van der Waals surface area contributed by atoms with E-state index in [9.17, 15) is 4.79 Å². The fraction of sp³-hybridized carbons (Fsp3) is 0.500. The highest BCUT2D eigenvalue weighted by Gasteiger charge is 2.09. The van der Waals surface area contributed by atoms with E-state index >= 15 is 0 Å². The summed E-state index contributed by atoms with van der Waals surface area (Å²) in [7, 11) is 1.62. The van der Waals surface area contributed by atoms with Gasteiger partial charge in [0.1, 0.15) is 16.9 Å². The number of alkyl halides is 1. The van der Waals surface area contributed by atoms with Crippen LogP contribution in [0.5, 0.6) is 11.5 Å². The number of carbonyl (C=O) groups is 1. The highest BCUT2D eigenvalue weighted by molar-refractivity contribution is 6.30. The zero-order valence-corrected chi connectivity index (χ0v) is 12.3. The van der Waals surface area contributed by atoms with Crippen molar-refractivity contribution in [3.05, 3.63) is 23.8 Å². The number of rotatable bonds is 7. The Labute approximate surface area is 119 Å². The SMILES string of the molecule is CCOc1cc(OC)ccc1CCNC(=O)C(C)Cl. The molecule has 0 aliphatic heterocycles. The summed E-state index contributed by atoms with van der Waals surface area (Å²) in [5.74, 6) is 1.38. The third-order valence-corrected chi connectivity index (χ3v) is 2.83. The summed E-state index contributed by atoms with van der Waals surface area (Å²) in [6.45, 7) is 4.70. The van der Waals surface area contributed by atoms with Crippen LogP contribution in [-0.2, 0) is 11.2 Å². The highest BCUT2D eigenvalue weighted by Crippen LogP contribution is 2.25. The molecule has 1 amide bonds. The molecule has 0 bridgehead atoms. The van der Waals surface area contributed by atoms with Crippen LogP contribution in [0.2, 0.25) is 0 Å². The molecule has 0 heterocycles. The number of benzene rings is 1. The zero-order valence-electron chi connectivity index (χ0n) is 11.5. The van der Waals surface area contributed by atoms with Crippen molar-refractivity contribution in [3.8, 4) is 11.5 Å². The maximum Gasteiger partial charge on any atom is 0.237 e. The molecule has 1 aromatic rings. The van der Waals surface area contributed by atoms with Crippen molar-refractivity contribution >= 4 is 17.5 Å². The van der Waals surface area contributed by atoms with E-state index in [0.717, 1.165) is 17.1 Å². The van der Waals surface area contributed by atoms with Gasteiger partial charge in [-0.15, -0.1) is 11.6 Å². The number of amides is 1. The first-order valence-corrected chi connectivity index (χ1v) is 6.73. The molecule has 1 rings (SSSR count). The molecule has 0 saturated heterocycles. The Kier molecular flexibility index (Phi) is 6.50. The molecule has 4 nitrogen and oxygen atoms in total. The molecule has 0 aromatic heterocycles. The average molecular weight is 286 g/mol. The number of nitrogens with one attached hydrogen (secondary N) is 1. The fourth-order valence-electron chi connectivity index (χ4n) is 1.62. The number of ether oxygens (including phenoxy) is 2. The van der Waals surface area contributed by atoms with Crippen LogP contribution >= 0.6 is 11.6 Å². The number of methoxy groups -OCH3 is 1. The third kappa shape index (κ3) is 4.99. The predicted molar refractivity (Wildman–Crippen MR) is 76.2 cm³/mol. The van der Waals surface area contributed by atoms with Gasteiger partial charge in [-0.3, -0.25) is 4.79 Å². The lowest BCUT2D eigenvalue weighted by atomic mass is 10.1. The van der Waals surface area contributed by atoms with Gasteiger partial charge in [0, 0.05) is 12.6 Å². The van der Waals surface area contributed by atoms with Crippen LogP contribution in [0.1, 0.15) is 19.4 Å². The van der Waals surface area contributed by atoms with E-state index in [4.69, 9.17) is 21.1 Å². The van der Waals surface area contributed by atoms with Gasteiger partial charge in [0.25, 0.3) is 0 Å². The van der Waals surface area contributed by atoms with E-state index in [0.29, 0.717) is 19.6 Å². The van der Waals surface area contributed by atoms with Gasteiger partial charge >= 0.3 is 0 Å². The summed E-state index contributed by atoms with van der Waals surface area (Å²) in [5.41, 5.74) is 1.03. The van der Waals surface area contributed by atoms with Crippen LogP contribution in [0.25, 0.3) is 0 Å². The van der Waals surface area contributed by atoms with Crippen molar-refractivity contribution in [1.29, 1.82) is 0 Å². The standard InChI is InChI=1S/C14H20ClNO3/c1-4-19-13-9-12(18-3)6-5-11(13)7-8-16-14(17)10(2)15/h5-6,9-10H,4,7-8H2,1-3H3,(H,16,17). The topological polar surface area (TPSA) is 47.6 Å². The van der Waals surface area contributed by atoms with Gasteiger partial charge in [-0.25, -0.2) is 0 Å². The van der Waals surface area contributed by atoms with Crippen LogP contribution < -0.4 is 14.8 Å². The average Bonchev–Trinajstić information content (AvgIpc) is 2.40. The minimum Gasteiger partial charge on any atom is -0.497 e. The van der Waals surface area contributed by atoms with Crippen molar-refractivity contribution in [2.45, 2.75) is 25.6 Å². The molecule has 0 radical (unpaired) electrons. The molecule has 19 heavy (non-hydrogen) atoms. The molecule has 0 aliphatic rings. The van der Waals surface area contributed by atoms with Crippen molar-refractivity contribution in [2.24, 2.45) is 0 Å². The second-order valence-corrected chi connectivity index (χ2v) is 4.72. The van der Waals surface area contributed by atoms with Gasteiger partial charge in [-0.05, 0) is 31.9 Å². The molecule has 1 aromatic carbocycles. The maximum absolute atomic E-state index is 11.3. The lowest BCUT2D eigenvalue weighted by molar-refractivity contribution is -0.120. The van der Waals surface area contributed by atoms with Crippen molar-refractivity contribution in [1.82, 2.24) is 5.32 Å². The van der Waals surface area contributed by atoms with Gasteiger partial charge in [0.05, 0.1) is 13.7 Å². The van der Waals surface area contributed by atoms with Gasteiger partial charge in [-0.1, -0.05) is 6.07 Å². The summed E-state index contributed by atoms with van der Waals surface area (Å²) < 4.78 is 10.7. The molecule has 0 saturated carbocycles. The highest BCUT2D eigenvalue weighted by atomic mass is 35.5. The van der Waals surface area contributed by atoms with Crippen LogP contribution in [0.4, 0.5) is 0 Å². The van der Waals surface area contributed by atoms with E-state index < -0.39 is 5.38 Å². The van der Waals surface area contributed by atoms with Gasteiger partial charge < -0.3 is 14.8 Å². The van der Waals surface area contributed by atoms with Gasteiger partial charge in [-0.2, -0.15) is 0 Å². The molecule has 1 unspecified atom stereocenters. The minimum absolute atomic E-state index is 0.159. The molecule has 0 fully saturated rings. The Morgan fingerprint density at radius 2 is 2.21 bits per heavy atom. The first-order valence-electron chi connectivity index (χ1n) is 6.30. The molecule has 5 heteroatoms. The summed E-state index contributed by atoms with van der Waals surface area (Å²) >= 11 is 5.68. The van der Waals surface area contributed by atoms with Gasteiger partial charge in [0.15, 0.2) is 0 Å². The molecule has 1 atom stereocenters. The molecular weight excluding hydrogens is 266 g/mol. The normalized spacial score (nSPS) is 11.8. The summed E-state index contributed by atoms with van der Waals surface area (Å²) in [5, 5.41) is 2.26. The van der Waals surface area contributed by atoms with E-state index in [2.05, 4.69) is 5.32 Å². The lowest BCUT2D eigenvalue weighted by Crippen LogP contribution is -2.31. The molecular formula is C14H20ClNO3. The Hall–Kier alpha value is -1.42. The first-order chi connectivity index (χ1) is 9.08. The van der Waals surface area contributed by atoms with E-state index in [-0.39, 0.29) is 5.91 Å². The van der Waals surface area contributed by atoms with Crippen LogP contribution in [-0.4, -0.2) is 31.5 Å². The van der Waals surface area contributed by atoms with Crippen molar-refractivity contribution < 1.29 is 14.3 Å². The lowest BCUT2D eigenvalue weighted by Gasteiger charge is -2.12. The monoisotopic (exact) mass is 285 g/mol. The van der Waals surface area contributed by atoms with E-state index in [1.54, 1.807) is 14.0 Å². The Morgan fingerprint density at radius 3 is 2.79 bits per heavy atom. The van der Waals surface area contributed by atoms with Crippen molar-refractivity contribution in [2.75, 3.05) is 20.3 Å². The largest absolute Gasteiger partial charge is 0.497 e. The fourth-order valence-corrected chi connectivity index (χ4v) is 1.70. The quantitative estimate of drug-likeness (QED) is 0.783. The van der Waals surface area contributed by atoms with E-state index in [1.807, 2.05) is 25.1 Å². The first kappa shape index (κ1) is 15.6. The van der Waals surface area contributed by atoms with E-state index in [1.165, 1.54) is 0 Å². The van der Waals surface area contributed by atoms with Crippen LogP contribution in [0.3, 0.4) is 0 Å². The Balaban J connectivity index is 2.64. The second-order valence-electron chi connectivity index (χ2n) is 4.06. The zero-order chi connectivity index (χ0) is 14.3. The minimum atomic E-state index is -0.512. The number of hydrogen-bond donors (Lipinski definition) is 1. The Bertz CT molecular complexity index is 421. The predicted octanol–water partition coefficient (Wildman–Crippen LogP) is 2.38. The van der Waals surface area contributed by atoms with Gasteiger partial charge in [0.2, 0.25) is 5.91 Å². The second kappa shape index (κ2) is 7.89. The molecule has 1 N–H and O–H groups in total. The summed E-state index contributed by atoms with van der Waals surface area (Å²) in [6, 6.07) is 5.68. The Morgan fingerprint density at radius 1 is 1.47 bits per heavy atom.